The number of aromatic nitrogens is 1. The van der Waals surface area contributed by atoms with Crippen LogP contribution in [-0.2, 0) is 17.6 Å². The molecule has 0 fully saturated rings. The van der Waals surface area contributed by atoms with Gasteiger partial charge in [-0.25, -0.2) is 4.98 Å². The summed E-state index contributed by atoms with van der Waals surface area (Å²) in [6.45, 7) is 2.98. The van der Waals surface area contributed by atoms with Crippen LogP contribution in [0.5, 0.6) is 0 Å². The molecule has 26 heavy (non-hydrogen) atoms. The van der Waals surface area contributed by atoms with Crippen molar-refractivity contribution < 1.29 is 4.79 Å². The Labute approximate surface area is 153 Å². The molecule has 0 unspecified atom stereocenters. The van der Waals surface area contributed by atoms with E-state index in [2.05, 4.69) is 39.5 Å². The van der Waals surface area contributed by atoms with Gasteiger partial charge in [0.15, 0.2) is 0 Å². The Kier molecular flexibility index (Phi) is 4.40. The first-order valence-electron chi connectivity index (χ1n) is 8.86. The standard InChI is InChI=1S/C22H21N3O/c1-16-6-2-3-8-18(16)14-22(26)24-21-11-10-19(15-23-21)25-13-12-17-7-4-5-9-20(17)25/h2-11,15H,12-14H2,1H3,(H,23,24,26). The van der Waals surface area contributed by atoms with Crippen LogP contribution >= 0.6 is 0 Å². The van der Waals surface area contributed by atoms with Crippen LogP contribution in [0.3, 0.4) is 0 Å². The minimum Gasteiger partial charge on any atom is -0.340 e. The molecule has 4 heteroatoms. The zero-order valence-electron chi connectivity index (χ0n) is 14.8. The summed E-state index contributed by atoms with van der Waals surface area (Å²) in [7, 11) is 0. The van der Waals surface area contributed by atoms with Gasteiger partial charge in [0.25, 0.3) is 0 Å². The van der Waals surface area contributed by atoms with Crippen molar-refractivity contribution in [3.8, 4) is 0 Å². The van der Waals surface area contributed by atoms with Crippen molar-refractivity contribution in [3.05, 3.63) is 83.6 Å². The third kappa shape index (κ3) is 3.31. The number of fused-ring (bicyclic) bond motifs is 1. The molecule has 1 aliphatic rings. The van der Waals surface area contributed by atoms with Crippen molar-refractivity contribution in [2.45, 2.75) is 19.8 Å². The summed E-state index contributed by atoms with van der Waals surface area (Å²) in [6, 6.07) is 20.3. The van der Waals surface area contributed by atoms with Crippen LogP contribution in [0.1, 0.15) is 16.7 Å². The van der Waals surface area contributed by atoms with Crippen molar-refractivity contribution in [1.82, 2.24) is 4.98 Å². The number of carbonyl (C=O) groups excluding carboxylic acids is 1. The summed E-state index contributed by atoms with van der Waals surface area (Å²) >= 11 is 0. The van der Waals surface area contributed by atoms with E-state index < -0.39 is 0 Å². The molecule has 4 nitrogen and oxygen atoms in total. The molecule has 2 heterocycles. The Morgan fingerprint density at radius 3 is 2.69 bits per heavy atom. The lowest BCUT2D eigenvalue weighted by molar-refractivity contribution is -0.115. The van der Waals surface area contributed by atoms with Gasteiger partial charge in [-0.15, -0.1) is 0 Å². The molecule has 3 aromatic rings. The Hall–Kier alpha value is -3.14. The molecule has 1 amide bonds. The van der Waals surface area contributed by atoms with Crippen LogP contribution in [0.4, 0.5) is 17.2 Å². The molecule has 0 bridgehead atoms. The van der Waals surface area contributed by atoms with Gasteiger partial charge in [0.1, 0.15) is 5.82 Å². The van der Waals surface area contributed by atoms with Gasteiger partial charge in [-0.1, -0.05) is 42.5 Å². The van der Waals surface area contributed by atoms with E-state index >= 15 is 0 Å². The fourth-order valence-electron chi connectivity index (χ4n) is 3.39. The number of nitrogens with zero attached hydrogens (tertiary/aromatic N) is 2. The number of hydrogen-bond donors (Lipinski definition) is 1. The van der Waals surface area contributed by atoms with Crippen LogP contribution in [0.25, 0.3) is 0 Å². The Morgan fingerprint density at radius 2 is 1.88 bits per heavy atom. The first kappa shape index (κ1) is 16.3. The zero-order valence-corrected chi connectivity index (χ0v) is 14.8. The third-order valence-corrected chi connectivity index (χ3v) is 4.83. The molecule has 1 aliphatic heterocycles. The number of benzene rings is 2. The number of amides is 1. The minimum atomic E-state index is -0.0499. The molecule has 2 aromatic carbocycles. The summed E-state index contributed by atoms with van der Waals surface area (Å²) in [4.78, 5) is 19.0. The van der Waals surface area contributed by atoms with Gasteiger partial charge in [-0.3, -0.25) is 4.79 Å². The van der Waals surface area contributed by atoms with E-state index in [1.807, 2.05) is 49.5 Å². The average Bonchev–Trinajstić information content (AvgIpc) is 3.08. The predicted molar refractivity (Wildman–Crippen MR) is 105 cm³/mol. The van der Waals surface area contributed by atoms with Crippen LogP contribution in [0.15, 0.2) is 66.9 Å². The van der Waals surface area contributed by atoms with Crippen LogP contribution < -0.4 is 10.2 Å². The van der Waals surface area contributed by atoms with E-state index in [4.69, 9.17) is 0 Å². The topological polar surface area (TPSA) is 45.2 Å². The molecule has 0 spiro atoms. The fraction of sp³-hybridized carbons (Fsp3) is 0.182. The highest BCUT2D eigenvalue weighted by Crippen LogP contribution is 2.33. The van der Waals surface area contributed by atoms with Gasteiger partial charge < -0.3 is 10.2 Å². The SMILES string of the molecule is Cc1ccccc1CC(=O)Nc1ccc(N2CCc3ccccc32)cn1. The summed E-state index contributed by atoms with van der Waals surface area (Å²) in [5.74, 6) is 0.533. The second-order valence-corrected chi connectivity index (χ2v) is 6.58. The average molecular weight is 343 g/mol. The first-order valence-corrected chi connectivity index (χ1v) is 8.86. The fourth-order valence-corrected chi connectivity index (χ4v) is 3.39. The normalized spacial score (nSPS) is 12.7. The maximum Gasteiger partial charge on any atom is 0.229 e. The maximum atomic E-state index is 12.3. The second-order valence-electron chi connectivity index (χ2n) is 6.58. The Morgan fingerprint density at radius 1 is 1.08 bits per heavy atom. The second kappa shape index (κ2) is 7.00. The highest BCUT2D eigenvalue weighted by atomic mass is 16.1. The molecule has 0 saturated carbocycles. The molecule has 0 radical (unpaired) electrons. The summed E-state index contributed by atoms with van der Waals surface area (Å²) in [5, 5.41) is 2.89. The van der Waals surface area contributed by atoms with Gasteiger partial charge in [-0.2, -0.15) is 0 Å². The molecule has 0 aliphatic carbocycles. The molecule has 4 rings (SSSR count). The van der Waals surface area contributed by atoms with E-state index in [0.29, 0.717) is 12.2 Å². The Bertz CT molecular complexity index is 934. The monoisotopic (exact) mass is 343 g/mol. The largest absolute Gasteiger partial charge is 0.340 e. The highest BCUT2D eigenvalue weighted by Gasteiger charge is 2.19. The molecular formula is C22H21N3O. The quantitative estimate of drug-likeness (QED) is 0.770. The number of para-hydroxylation sites is 1. The van der Waals surface area contributed by atoms with Crippen molar-refractivity contribution in [2.24, 2.45) is 0 Å². The number of hydrogen-bond acceptors (Lipinski definition) is 3. The number of anilines is 3. The predicted octanol–water partition coefficient (Wildman–Crippen LogP) is 4.27. The number of rotatable bonds is 4. The van der Waals surface area contributed by atoms with Crippen molar-refractivity contribution in [2.75, 3.05) is 16.8 Å². The van der Waals surface area contributed by atoms with E-state index in [0.717, 1.165) is 29.8 Å². The van der Waals surface area contributed by atoms with Crippen molar-refractivity contribution >= 4 is 23.1 Å². The maximum absolute atomic E-state index is 12.3. The summed E-state index contributed by atoms with van der Waals surface area (Å²) in [5.41, 5.74) is 5.81. The summed E-state index contributed by atoms with van der Waals surface area (Å²) in [6.07, 6.45) is 3.23. The van der Waals surface area contributed by atoms with Crippen molar-refractivity contribution in [3.63, 3.8) is 0 Å². The van der Waals surface area contributed by atoms with Crippen LogP contribution in [0.2, 0.25) is 0 Å². The summed E-state index contributed by atoms with van der Waals surface area (Å²) < 4.78 is 0. The molecular weight excluding hydrogens is 322 g/mol. The number of aryl methyl sites for hydroxylation is 1. The lowest BCUT2D eigenvalue weighted by Gasteiger charge is -2.19. The van der Waals surface area contributed by atoms with Crippen molar-refractivity contribution in [1.29, 1.82) is 0 Å². The van der Waals surface area contributed by atoms with Gasteiger partial charge in [-0.05, 0) is 48.2 Å². The lowest BCUT2D eigenvalue weighted by atomic mass is 10.1. The first-order chi connectivity index (χ1) is 12.7. The van der Waals surface area contributed by atoms with Gasteiger partial charge in [0.2, 0.25) is 5.91 Å². The van der Waals surface area contributed by atoms with Gasteiger partial charge in [0, 0.05) is 12.2 Å². The zero-order chi connectivity index (χ0) is 17.9. The van der Waals surface area contributed by atoms with E-state index in [1.54, 1.807) is 0 Å². The molecule has 1 aromatic heterocycles. The number of nitrogens with one attached hydrogen (secondary N) is 1. The highest BCUT2D eigenvalue weighted by molar-refractivity contribution is 5.91. The number of pyridine rings is 1. The molecule has 0 atom stereocenters. The molecule has 1 N–H and O–H groups in total. The van der Waals surface area contributed by atoms with Crippen LogP contribution in [-0.4, -0.2) is 17.4 Å². The van der Waals surface area contributed by atoms with Gasteiger partial charge >= 0.3 is 0 Å². The van der Waals surface area contributed by atoms with Gasteiger partial charge in [0.05, 0.1) is 18.3 Å². The lowest BCUT2D eigenvalue weighted by Crippen LogP contribution is -2.17. The Balaban J connectivity index is 1.44. The van der Waals surface area contributed by atoms with E-state index in [1.165, 1.54) is 11.3 Å². The van der Waals surface area contributed by atoms with E-state index in [-0.39, 0.29) is 5.91 Å². The smallest absolute Gasteiger partial charge is 0.229 e. The minimum absolute atomic E-state index is 0.0499. The number of carbonyl (C=O) groups is 1. The van der Waals surface area contributed by atoms with E-state index in [9.17, 15) is 4.79 Å². The molecule has 130 valence electrons. The molecule has 0 saturated heterocycles. The third-order valence-electron chi connectivity index (χ3n) is 4.83. The van der Waals surface area contributed by atoms with Crippen LogP contribution in [0, 0.1) is 6.92 Å².